The zero-order valence-electron chi connectivity index (χ0n) is 13.0. The van der Waals surface area contributed by atoms with Crippen LogP contribution in [0.1, 0.15) is 28.2 Å². The lowest BCUT2D eigenvalue weighted by Gasteiger charge is -2.07. The molecule has 3 aromatic rings. The summed E-state index contributed by atoms with van der Waals surface area (Å²) in [5, 5.41) is 6.55. The van der Waals surface area contributed by atoms with Gasteiger partial charge in [0.2, 0.25) is 0 Å². The van der Waals surface area contributed by atoms with Gasteiger partial charge in [-0.15, -0.1) is 0 Å². The maximum absolute atomic E-state index is 13.1. The maximum atomic E-state index is 13.1. The van der Waals surface area contributed by atoms with Crippen molar-refractivity contribution >= 4 is 17.2 Å². The molecule has 3 rings (SSSR count). The fourth-order valence-corrected chi connectivity index (χ4v) is 2.33. The maximum Gasteiger partial charge on any atom is 0.280 e. The van der Waals surface area contributed by atoms with E-state index in [0.717, 1.165) is 4.52 Å². The molecule has 1 aromatic carbocycles. The van der Waals surface area contributed by atoms with Gasteiger partial charge >= 0.3 is 0 Å². The molecule has 0 aliphatic heterocycles. The highest BCUT2D eigenvalue weighted by atomic mass is 19.3. The second-order valence-corrected chi connectivity index (χ2v) is 5.10. The molecule has 124 valence electrons. The van der Waals surface area contributed by atoms with Crippen LogP contribution in [0.15, 0.2) is 36.5 Å². The van der Waals surface area contributed by atoms with Crippen molar-refractivity contribution < 1.29 is 18.3 Å². The third-order valence-corrected chi connectivity index (χ3v) is 3.42. The predicted molar refractivity (Wildman–Crippen MR) is 83.6 cm³/mol. The number of carbonyl (C=O) groups excluding carboxylic acids is 1. The second kappa shape index (κ2) is 6.23. The van der Waals surface area contributed by atoms with Gasteiger partial charge in [-0.3, -0.25) is 4.79 Å². The van der Waals surface area contributed by atoms with Crippen LogP contribution in [0.5, 0.6) is 5.75 Å². The normalized spacial score (nSPS) is 11.0. The Morgan fingerprint density at radius 2 is 2.12 bits per heavy atom. The fourth-order valence-electron chi connectivity index (χ4n) is 2.33. The minimum atomic E-state index is -2.72. The third kappa shape index (κ3) is 2.90. The van der Waals surface area contributed by atoms with Gasteiger partial charge in [0.05, 0.1) is 13.3 Å². The molecule has 0 saturated carbocycles. The summed E-state index contributed by atoms with van der Waals surface area (Å²) >= 11 is 0. The molecule has 0 atom stereocenters. The number of nitrogens with one attached hydrogen (secondary N) is 1. The average molecular weight is 332 g/mol. The van der Waals surface area contributed by atoms with Crippen molar-refractivity contribution in [1.82, 2.24) is 14.6 Å². The van der Waals surface area contributed by atoms with Crippen LogP contribution < -0.4 is 10.1 Å². The number of benzene rings is 1. The largest absolute Gasteiger partial charge is 0.497 e. The SMILES string of the molecule is COc1cccc(NC(=O)c2cnn3c(C(F)F)cc(C)nc23)c1. The Kier molecular flexibility index (Phi) is 4.11. The number of rotatable bonds is 4. The molecule has 1 amide bonds. The van der Waals surface area contributed by atoms with E-state index in [4.69, 9.17) is 4.74 Å². The molecule has 0 unspecified atom stereocenters. The minimum Gasteiger partial charge on any atom is -0.497 e. The predicted octanol–water partition coefficient (Wildman–Crippen LogP) is 3.24. The first-order valence-electron chi connectivity index (χ1n) is 7.08. The van der Waals surface area contributed by atoms with Crippen LogP contribution in [0, 0.1) is 6.92 Å². The van der Waals surface area contributed by atoms with Gasteiger partial charge in [0.15, 0.2) is 5.65 Å². The van der Waals surface area contributed by atoms with Gasteiger partial charge in [-0.1, -0.05) is 6.07 Å². The van der Waals surface area contributed by atoms with Gasteiger partial charge in [-0.05, 0) is 25.1 Å². The van der Waals surface area contributed by atoms with E-state index in [-0.39, 0.29) is 16.9 Å². The van der Waals surface area contributed by atoms with Gasteiger partial charge in [-0.25, -0.2) is 18.3 Å². The molecule has 2 aromatic heterocycles. The average Bonchev–Trinajstić information content (AvgIpc) is 2.97. The Hall–Kier alpha value is -3.03. The molecule has 0 aliphatic carbocycles. The van der Waals surface area contributed by atoms with Gasteiger partial charge in [-0.2, -0.15) is 5.10 Å². The highest BCUT2D eigenvalue weighted by molar-refractivity contribution is 6.08. The van der Waals surface area contributed by atoms with E-state index in [0.29, 0.717) is 17.1 Å². The Bertz CT molecular complexity index is 908. The van der Waals surface area contributed by atoms with Gasteiger partial charge in [0.25, 0.3) is 12.3 Å². The lowest BCUT2D eigenvalue weighted by atomic mass is 10.2. The van der Waals surface area contributed by atoms with Crippen molar-refractivity contribution in [3.8, 4) is 5.75 Å². The fraction of sp³-hybridized carbons (Fsp3) is 0.188. The Balaban J connectivity index is 1.98. The van der Waals surface area contributed by atoms with Crippen LogP contribution in [-0.2, 0) is 0 Å². The lowest BCUT2D eigenvalue weighted by molar-refractivity contribution is 0.102. The van der Waals surface area contributed by atoms with Crippen LogP contribution in [0.3, 0.4) is 0 Å². The van der Waals surface area contributed by atoms with Crippen LogP contribution >= 0.6 is 0 Å². The van der Waals surface area contributed by atoms with E-state index < -0.39 is 12.3 Å². The quantitative estimate of drug-likeness (QED) is 0.796. The Morgan fingerprint density at radius 1 is 1.33 bits per heavy atom. The number of carbonyl (C=O) groups is 1. The smallest absolute Gasteiger partial charge is 0.280 e. The van der Waals surface area contributed by atoms with Crippen LogP contribution in [0.25, 0.3) is 5.65 Å². The molecule has 2 heterocycles. The number of nitrogens with zero attached hydrogens (tertiary/aromatic N) is 3. The van der Waals surface area contributed by atoms with E-state index >= 15 is 0 Å². The molecular formula is C16H14F2N4O2. The minimum absolute atomic E-state index is 0.0886. The summed E-state index contributed by atoms with van der Waals surface area (Å²) in [5.41, 5.74) is 0.793. The van der Waals surface area contributed by atoms with E-state index in [9.17, 15) is 13.6 Å². The summed E-state index contributed by atoms with van der Waals surface area (Å²) in [6.45, 7) is 1.59. The third-order valence-electron chi connectivity index (χ3n) is 3.42. The standard InChI is InChI=1S/C16H14F2N4O2/c1-9-6-13(14(17)18)22-15(20-9)12(8-19-22)16(23)21-10-4-3-5-11(7-10)24-2/h3-8,14H,1-2H3,(H,21,23). The number of alkyl halides is 2. The number of fused-ring (bicyclic) bond motifs is 1. The molecule has 0 radical (unpaired) electrons. The Morgan fingerprint density at radius 3 is 2.83 bits per heavy atom. The molecule has 24 heavy (non-hydrogen) atoms. The van der Waals surface area contributed by atoms with Crippen LogP contribution in [0.4, 0.5) is 14.5 Å². The number of hydrogen-bond acceptors (Lipinski definition) is 4. The van der Waals surface area contributed by atoms with Crippen LogP contribution in [-0.4, -0.2) is 27.6 Å². The molecule has 1 N–H and O–H groups in total. The lowest BCUT2D eigenvalue weighted by Crippen LogP contribution is -2.12. The number of methoxy groups -OCH3 is 1. The number of anilines is 1. The molecule has 0 bridgehead atoms. The van der Waals surface area contributed by atoms with Gasteiger partial charge in [0, 0.05) is 17.4 Å². The van der Waals surface area contributed by atoms with Crippen molar-refractivity contribution in [3.63, 3.8) is 0 Å². The summed E-state index contributed by atoms with van der Waals surface area (Å²) in [5.74, 6) is 0.0955. The van der Waals surface area contributed by atoms with Crippen molar-refractivity contribution in [3.05, 3.63) is 53.5 Å². The highest BCUT2D eigenvalue weighted by Gasteiger charge is 2.20. The van der Waals surface area contributed by atoms with Crippen molar-refractivity contribution in [2.24, 2.45) is 0 Å². The van der Waals surface area contributed by atoms with Gasteiger partial charge in [0.1, 0.15) is 17.0 Å². The van der Waals surface area contributed by atoms with Gasteiger partial charge < -0.3 is 10.1 Å². The number of ether oxygens (including phenoxy) is 1. The molecular weight excluding hydrogens is 318 g/mol. The number of halogens is 2. The van der Waals surface area contributed by atoms with Crippen molar-refractivity contribution in [2.45, 2.75) is 13.3 Å². The summed E-state index contributed by atoms with van der Waals surface area (Å²) < 4.78 is 32.3. The number of aromatic nitrogens is 3. The molecule has 0 saturated heterocycles. The molecule has 0 aliphatic rings. The zero-order chi connectivity index (χ0) is 17.3. The Labute approximate surface area is 136 Å². The monoisotopic (exact) mass is 332 g/mol. The number of amides is 1. The zero-order valence-corrected chi connectivity index (χ0v) is 13.0. The summed E-state index contributed by atoms with van der Waals surface area (Å²) in [7, 11) is 1.52. The van der Waals surface area contributed by atoms with Crippen molar-refractivity contribution in [2.75, 3.05) is 12.4 Å². The van der Waals surface area contributed by atoms with Crippen molar-refractivity contribution in [1.29, 1.82) is 0 Å². The number of aryl methyl sites for hydroxylation is 1. The summed E-state index contributed by atoms with van der Waals surface area (Å²) in [4.78, 5) is 16.6. The second-order valence-electron chi connectivity index (χ2n) is 5.10. The molecule has 8 heteroatoms. The van der Waals surface area contributed by atoms with E-state index in [1.54, 1.807) is 31.2 Å². The molecule has 0 spiro atoms. The highest BCUT2D eigenvalue weighted by Crippen LogP contribution is 2.23. The van der Waals surface area contributed by atoms with E-state index in [2.05, 4.69) is 15.4 Å². The van der Waals surface area contributed by atoms with Crippen LogP contribution in [0.2, 0.25) is 0 Å². The first kappa shape index (κ1) is 15.9. The summed E-state index contributed by atoms with van der Waals surface area (Å²) in [6.07, 6.45) is -1.49. The topological polar surface area (TPSA) is 68.5 Å². The molecule has 6 nitrogen and oxygen atoms in total. The number of hydrogen-bond donors (Lipinski definition) is 1. The van der Waals surface area contributed by atoms with E-state index in [1.165, 1.54) is 19.4 Å². The first-order chi connectivity index (χ1) is 11.5. The molecule has 0 fully saturated rings. The first-order valence-corrected chi connectivity index (χ1v) is 7.08. The van der Waals surface area contributed by atoms with E-state index in [1.807, 2.05) is 0 Å². The summed E-state index contributed by atoms with van der Waals surface area (Å²) in [6, 6.07) is 8.04.